The van der Waals surface area contributed by atoms with Crippen molar-refractivity contribution in [3.05, 3.63) is 0 Å². The molecule has 0 rings (SSSR count). The van der Waals surface area contributed by atoms with Gasteiger partial charge in [0, 0.05) is 79.3 Å². The van der Waals surface area contributed by atoms with E-state index in [1.165, 1.54) is 0 Å². The molecule has 0 heterocycles. The average Bonchev–Trinajstić information content (AvgIpc) is 2.85. The number of ether oxygens (including phenoxy) is 6. The summed E-state index contributed by atoms with van der Waals surface area (Å²) in [6, 6.07) is 0. The van der Waals surface area contributed by atoms with Crippen LogP contribution in [0.4, 0.5) is 0 Å². The van der Waals surface area contributed by atoms with Crippen LogP contribution in [-0.2, 0) is 63.5 Å². The van der Waals surface area contributed by atoms with Crippen LogP contribution in [0.15, 0.2) is 0 Å². The van der Waals surface area contributed by atoms with E-state index in [9.17, 15) is 22.4 Å². The van der Waals surface area contributed by atoms with Crippen LogP contribution in [-0.4, -0.2) is 109 Å². The molecule has 0 saturated heterocycles. The molecule has 0 bridgehead atoms. The van der Waals surface area contributed by atoms with Gasteiger partial charge in [-0.1, -0.05) is 0 Å². The van der Waals surface area contributed by atoms with Gasteiger partial charge in [-0.2, -0.15) is 0 Å². The zero-order chi connectivity index (χ0) is 27.3. The summed E-state index contributed by atoms with van der Waals surface area (Å²) in [5, 5.41) is 12.7. The van der Waals surface area contributed by atoms with E-state index >= 15 is 0 Å². The Labute approximate surface area is 279 Å². The summed E-state index contributed by atoms with van der Waals surface area (Å²) in [5.41, 5.74) is 0. The van der Waals surface area contributed by atoms with E-state index in [1.807, 2.05) is 0 Å². The van der Waals surface area contributed by atoms with Crippen molar-refractivity contribution in [2.45, 2.75) is 44.9 Å². The molecule has 0 aliphatic carbocycles. The van der Waals surface area contributed by atoms with Gasteiger partial charge in [0.05, 0.1) is 12.4 Å². The summed E-state index contributed by atoms with van der Waals surface area (Å²) >= 11 is -1.73. The van der Waals surface area contributed by atoms with Gasteiger partial charge in [0.1, 0.15) is 0 Å². The molecule has 0 aliphatic heterocycles. The van der Waals surface area contributed by atoms with Gasteiger partial charge in [-0.25, -0.2) is 12.6 Å². The molecule has 18 heteroatoms. The summed E-state index contributed by atoms with van der Waals surface area (Å²) in [6.07, 6.45) is 4.78. The van der Waals surface area contributed by atoms with Gasteiger partial charge in [-0.05, 0) is 44.9 Å². The molecule has 14 nitrogen and oxygen atoms in total. The van der Waals surface area contributed by atoms with Crippen molar-refractivity contribution in [2.75, 3.05) is 91.6 Å². The van der Waals surface area contributed by atoms with Crippen LogP contribution in [0.1, 0.15) is 44.9 Å². The third-order valence-electron chi connectivity index (χ3n) is 4.25. The molecule has 0 aromatic rings. The van der Waals surface area contributed by atoms with Gasteiger partial charge in [0.15, 0.2) is 11.1 Å². The molecule has 39 heavy (non-hydrogen) atoms. The molecule has 0 radical (unpaired) electrons. The molecule has 1 unspecified atom stereocenters. The Balaban J connectivity index is -0.00000648. The minimum absolute atomic E-state index is 0. The summed E-state index contributed by atoms with van der Waals surface area (Å²) in [7, 11) is -4.62. The monoisotopic (exact) mass is 628 g/mol. The molecular formula is C21H42Na2O14S2. The minimum atomic E-state index is -4.62. The average molecular weight is 629 g/mol. The molecule has 0 amide bonds. The third kappa shape index (κ3) is 41.9. The summed E-state index contributed by atoms with van der Waals surface area (Å²) < 4.78 is 82.3. The van der Waals surface area contributed by atoms with Crippen molar-refractivity contribution >= 4 is 21.5 Å². The Kier molecular flexibility index (Phi) is 41.5. The maximum atomic E-state index is 10.9. The van der Waals surface area contributed by atoms with Gasteiger partial charge in [-0.15, -0.1) is 4.33 Å². The second-order valence-corrected chi connectivity index (χ2v) is 9.73. The van der Waals surface area contributed by atoms with Crippen LogP contribution < -0.4 is 64.4 Å². The van der Waals surface area contributed by atoms with E-state index in [0.717, 1.165) is 32.1 Å². The largest absolute Gasteiger partial charge is 1.00 e. The zero-order valence-electron chi connectivity index (χ0n) is 23.4. The van der Waals surface area contributed by atoms with Crippen molar-refractivity contribution < 1.29 is 124 Å². The maximum Gasteiger partial charge on any atom is 1.00 e. The maximum absolute atomic E-state index is 10.9. The smallest absolute Gasteiger partial charge is 0.726 e. The standard InChI is InChI=1S/C21H44O14S2.2Na/c22-34-35-36(23)21-7-19-32-17-5-15-30-13-3-11-28-9-1-8-27-10-2-12-29-14-4-16-31-18-6-20-33-37(24,25)26;;/h22H,1-21H2,(H,24,25,26);;/q;2*+1/p-2. The molecule has 0 fully saturated rings. The topological polar surface area (TPSA) is 180 Å². The van der Waals surface area contributed by atoms with Gasteiger partial charge in [0.2, 0.25) is 10.4 Å². The van der Waals surface area contributed by atoms with Crippen LogP contribution in [0, 0.1) is 0 Å². The van der Waals surface area contributed by atoms with Gasteiger partial charge in [-0.3, -0.25) is 9.22 Å². The molecule has 0 spiro atoms. The predicted octanol–water partition coefficient (Wildman–Crippen LogP) is -5.81. The molecule has 224 valence electrons. The molecule has 0 aliphatic rings. The first-order valence-corrected chi connectivity index (χ1v) is 15.0. The normalized spacial score (nSPS) is 12.2. The van der Waals surface area contributed by atoms with Crippen LogP contribution in [0.3, 0.4) is 0 Å². The summed E-state index contributed by atoms with van der Waals surface area (Å²) in [6.45, 7) is 6.56. The quantitative estimate of drug-likeness (QED) is 0.0177. The minimum Gasteiger partial charge on any atom is -0.726 e. The van der Waals surface area contributed by atoms with E-state index in [0.29, 0.717) is 92.1 Å². The fourth-order valence-electron chi connectivity index (χ4n) is 2.59. The van der Waals surface area contributed by atoms with Crippen LogP contribution in [0.2, 0.25) is 0 Å². The Hall–Kier alpha value is 1.66. The molecule has 0 saturated carbocycles. The fourth-order valence-corrected chi connectivity index (χ4v) is 3.40. The van der Waals surface area contributed by atoms with Crippen molar-refractivity contribution in [2.24, 2.45) is 0 Å². The summed E-state index contributed by atoms with van der Waals surface area (Å²) in [4.78, 5) is 0. The number of rotatable bonds is 31. The Morgan fingerprint density at radius 3 is 1.08 bits per heavy atom. The van der Waals surface area contributed by atoms with E-state index in [-0.39, 0.29) is 71.5 Å². The molecule has 1 atom stereocenters. The van der Waals surface area contributed by atoms with Crippen molar-refractivity contribution in [3.8, 4) is 0 Å². The number of hydrogen-bond donors (Lipinski definition) is 0. The van der Waals surface area contributed by atoms with Crippen LogP contribution >= 0.6 is 0 Å². The SMILES string of the molecule is O=S(CCCOCCCOCCCOCCCOCCCOCCCOCCCOS(=O)(=O)[O-])OO[O-].[Na+].[Na+]. The molecule has 0 N–H and O–H groups in total. The van der Waals surface area contributed by atoms with Crippen LogP contribution in [0.5, 0.6) is 0 Å². The summed E-state index contributed by atoms with van der Waals surface area (Å²) in [5.74, 6) is 0.184. The van der Waals surface area contributed by atoms with E-state index in [4.69, 9.17) is 28.4 Å². The Morgan fingerprint density at radius 2 is 0.795 bits per heavy atom. The second kappa shape index (κ2) is 35.9. The van der Waals surface area contributed by atoms with Crippen molar-refractivity contribution in [1.29, 1.82) is 0 Å². The fraction of sp³-hybridized carbons (Fsp3) is 1.00. The van der Waals surface area contributed by atoms with Gasteiger partial charge >= 0.3 is 59.1 Å². The molecule has 0 aromatic carbocycles. The van der Waals surface area contributed by atoms with E-state index in [2.05, 4.69) is 13.6 Å². The van der Waals surface area contributed by atoms with Gasteiger partial charge < -0.3 is 38.2 Å². The molecular weight excluding hydrogens is 586 g/mol. The van der Waals surface area contributed by atoms with Gasteiger partial charge in [0.25, 0.3) is 0 Å². The Morgan fingerprint density at radius 1 is 0.513 bits per heavy atom. The van der Waals surface area contributed by atoms with Crippen molar-refractivity contribution in [1.82, 2.24) is 0 Å². The second-order valence-electron chi connectivity index (χ2n) is 7.52. The third-order valence-corrected chi connectivity index (χ3v) is 5.54. The zero-order valence-corrected chi connectivity index (χ0v) is 29.0. The predicted molar refractivity (Wildman–Crippen MR) is 128 cm³/mol. The first-order valence-electron chi connectivity index (χ1n) is 12.4. The number of hydrogen-bond acceptors (Lipinski definition) is 14. The van der Waals surface area contributed by atoms with Crippen molar-refractivity contribution in [3.63, 3.8) is 0 Å². The first-order chi connectivity index (χ1) is 18.0. The van der Waals surface area contributed by atoms with E-state index < -0.39 is 21.5 Å². The van der Waals surface area contributed by atoms with Crippen LogP contribution in [0.25, 0.3) is 0 Å². The van der Waals surface area contributed by atoms with E-state index in [1.54, 1.807) is 0 Å². The molecule has 0 aromatic heterocycles. The first kappa shape index (κ1) is 45.1. The Bertz CT molecular complexity index is 605.